The molecule has 0 radical (unpaired) electrons. The maximum Gasteiger partial charge on any atom is 0.0540 e. The summed E-state index contributed by atoms with van der Waals surface area (Å²) in [7, 11) is 0. The van der Waals surface area contributed by atoms with Crippen molar-refractivity contribution >= 4 is 49.4 Å². The van der Waals surface area contributed by atoms with Gasteiger partial charge in [0.2, 0.25) is 0 Å². The lowest BCUT2D eigenvalue weighted by Gasteiger charge is -2.27. The third-order valence-electron chi connectivity index (χ3n) is 8.89. The van der Waals surface area contributed by atoms with E-state index in [2.05, 4.69) is 181 Å². The summed E-state index contributed by atoms with van der Waals surface area (Å²) in [4.78, 5) is 2.40. The molecular formula is C44H33N. The lowest BCUT2D eigenvalue weighted by molar-refractivity contribution is 0.962. The Bertz CT molecular complexity index is 2260. The van der Waals surface area contributed by atoms with Gasteiger partial charge in [-0.3, -0.25) is 0 Å². The molecule has 8 aromatic carbocycles. The Morgan fingerprint density at radius 2 is 0.933 bits per heavy atom. The van der Waals surface area contributed by atoms with Crippen molar-refractivity contribution in [2.24, 2.45) is 0 Å². The van der Waals surface area contributed by atoms with E-state index in [4.69, 9.17) is 0 Å². The monoisotopic (exact) mass is 575 g/mol. The number of hydrogen-bond acceptors (Lipinski definition) is 1. The van der Waals surface area contributed by atoms with E-state index >= 15 is 0 Å². The van der Waals surface area contributed by atoms with E-state index in [0.29, 0.717) is 0 Å². The van der Waals surface area contributed by atoms with Crippen LogP contribution in [0.15, 0.2) is 176 Å². The lowest BCUT2D eigenvalue weighted by atomic mass is 9.98. The molecule has 8 aromatic rings. The average molecular weight is 576 g/mol. The molecule has 1 nitrogen and oxygen atoms in total. The van der Waals surface area contributed by atoms with Gasteiger partial charge in [-0.15, -0.1) is 0 Å². The third-order valence-corrected chi connectivity index (χ3v) is 8.89. The quantitative estimate of drug-likeness (QED) is 0.171. The Morgan fingerprint density at radius 1 is 0.333 bits per heavy atom. The van der Waals surface area contributed by atoms with E-state index in [9.17, 15) is 0 Å². The third kappa shape index (κ3) is 5.46. The molecule has 0 aromatic heterocycles. The average Bonchev–Trinajstić information content (AvgIpc) is 3.11. The van der Waals surface area contributed by atoms with E-state index in [1.165, 1.54) is 60.3 Å². The molecule has 0 saturated heterocycles. The molecule has 0 aliphatic rings. The summed E-state index contributed by atoms with van der Waals surface area (Å²) >= 11 is 0. The van der Waals surface area contributed by atoms with E-state index in [1.54, 1.807) is 0 Å². The SMILES string of the molecule is c1ccc(-c2cccc(N(c3ccc(CCc4ccc5cc6ccccc6cc5c4)cc3)c3cccc4ccccc34)c2)cc1. The van der Waals surface area contributed by atoms with Crippen LogP contribution in [0.2, 0.25) is 0 Å². The molecule has 0 saturated carbocycles. The van der Waals surface area contributed by atoms with E-state index in [0.717, 1.165) is 24.2 Å². The molecule has 0 atom stereocenters. The minimum atomic E-state index is 0.997. The summed E-state index contributed by atoms with van der Waals surface area (Å²) in [6.07, 6.45) is 2.01. The zero-order valence-corrected chi connectivity index (χ0v) is 25.1. The molecule has 0 unspecified atom stereocenters. The molecule has 0 N–H and O–H groups in total. The molecule has 0 aliphatic heterocycles. The highest BCUT2D eigenvalue weighted by Crippen LogP contribution is 2.40. The van der Waals surface area contributed by atoms with Crippen LogP contribution in [-0.2, 0) is 12.8 Å². The molecule has 45 heavy (non-hydrogen) atoms. The largest absolute Gasteiger partial charge is 0.310 e. The number of aryl methyl sites for hydroxylation is 2. The van der Waals surface area contributed by atoms with E-state index < -0.39 is 0 Å². The predicted molar refractivity (Wildman–Crippen MR) is 193 cm³/mol. The van der Waals surface area contributed by atoms with Gasteiger partial charge in [0, 0.05) is 16.8 Å². The van der Waals surface area contributed by atoms with Crippen molar-refractivity contribution in [3.05, 3.63) is 187 Å². The Morgan fingerprint density at radius 3 is 1.76 bits per heavy atom. The molecule has 0 fully saturated rings. The maximum absolute atomic E-state index is 2.40. The zero-order chi connectivity index (χ0) is 30.0. The Hall–Kier alpha value is -5.66. The van der Waals surface area contributed by atoms with Crippen molar-refractivity contribution < 1.29 is 0 Å². The summed E-state index contributed by atoms with van der Waals surface area (Å²) in [5.41, 5.74) is 8.61. The zero-order valence-electron chi connectivity index (χ0n) is 25.1. The summed E-state index contributed by atoms with van der Waals surface area (Å²) < 4.78 is 0. The maximum atomic E-state index is 2.40. The Labute approximate surface area is 264 Å². The number of fused-ring (bicyclic) bond motifs is 3. The van der Waals surface area contributed by atoms with Crippen LogP contribution in [0.4, 0.5) is 17.1 Å². The van der Waals surface area contributed by atoms with Gasteiger partial charge in [-0.05, 0) is 104 Å². The first kappa shape index (κ1) is 26.9. The second kappa shape index (κ2) is 11.8. The highest BCUT2D eigenvalue weighted by molar-refractivity contribution is 6.00. The van der Waals surface area contributed by atoms with Gasteiger partial charge in [-0.2, -0.15) is 0 Å². The van der Waals surface area contributed by atoms with Gasteiger partial charge in [-0.25, -0.2) is 0 Å². The molecule has 0 amide bonds. The molecule has 0 bridgehead atoms. The van der Waals surface area contributed by atoms with Crippen LogP contribution in [-0.4, -0.2) is 0 Å². The fourth-order valence-corrected chi connectivity index (χ4v) is 6.53. The number of anilines is 3. The molecule has 1 heteroatoms. The topological polar surface area (TPSA) is 3.24 Å². The highest BCUT2D eigenvalue weighted by Gasteiger charge is 2.16. The molecule has 8 rings (SSSR count). The van der Waals surface area contributed by atoms with Crippen LogP contribution in [0.25, 0.3) is 43.4 Å². The second-order valence-corrected chi connectivity index (χ2v) is 11.8. The van der Waals surface area contributed by atoms with Crippen LogP contribution < -0.4 is 4.90 Å². The Balaban J connectivity index is 1.11. The van der Waals surface area contributed by atoms with Gasteiger partial charge in [0.05, 0.1) is 5.69 Å². The van der Waals surface area contributed by atoms with Crippen molar-refractivity contribution in [2.45, 2.75) is 12.8 Å². The van der Waals surface area contributed by atoms with Gasteiger partial charge < -0.3 is 4.90 Å². The van der Waals surface area contributed by atoms with Crippen LogP contribution in [0.1, 0.15) is 11.1 Å². The van der Waals surface area contributed by atoms with Gasteiger partial charge in [-0.1, -0.05) is 133 Å². The van der Waals surface area contributed by atoms with Gasteiger partial charge in [0.1, 0.15) is 0 Å². The predicted octanol–water partition coefficient (Wildman–Crippen LogP) is 12.1. The smallest absolute Gasteiger partial charge is 0.0540 e. The van der Waals surface area contributed by atoms with Crippen molar-refractivity contribution in [2.75, 3.05) is 4.90 Å². The van der Waals surface area contributed by atoms with Crippen LogP contribution in [0, 0.1) is 0 Å². The number of rotatable bonds is 7. The Kier molecular flexibility index (Phi) is 7.05. The van der Waals surface area contributed by atoms with Gasteiger partial charge >= 0.3 is 0 Å². The van der Waals surface area contributed by atoms with Crippen molar-refractivity contribution in [1.82, 2.24) is 0 Å². The normalized spacial score (nSPS) is 11.3. The number of hydrogen-bond donors (Lipinski definition) is 0. The fourth-order valence-electron chi connectivity index (χ4n) is 6.53. The first-order valence-electron chi connectivity index (χ1n) is 15.7. The summed E-state index contributed by atoms with van der Waals surface area (Å²) in [6, 6.07) is 64.0. The minimum absolute atomic E-state index is 0.997. The molecule has 214 valence electrons. The lowest BCUT2D eigenvalue weighted by Crippen LogP contribution is -2.10. The first-order valence-corrected chi connectivity index (χ1v) is 15.7. The summed E-state index contributed by atoms with van der Waals surface area (Å²) in [5.74, 6) is 0. The molecule has 0 heterocycles. The molecule has 0 spiro atoms. The summed E-state index contributed by atoms with van der Waals surface area (Å²) in [6.45, 7) is 0. The number of nitrogens with zero attached hydrogens (tertiary/aromatic N) is 1. The molecular weight excluding hydrogens is 542 g/mol. The summed E-state index contributed by atoms with van der Waals surface area (Å²) in [5, 5.41) is 7.67. The molecule has 0 aliphatic carbocycles. The fraction of sp³-hybridized carbons (Fsp3) is 0.0455. The van der Waals surface area contributed by atoms with Gasteiger partial charge in [0.15, 0.2) is 0 Å². The minimum Gasteiger partial charge on any atom is -0.310 e. The first-order chi connectivity index (χ1) is 22.3. The van der Waals surface area contributed by atoms with Crippen molar-refractivity contribution in [3.8, 4) is 11.1 Å². The van der Waals surface area contributed by atoms with E-state index in [1.807, 2.05) is 0 Å². The highest BCUT2D eigenvalue weighted by atomic mass is 15.1. The van der Waals surface area contributed by atoms with Crippen LogP contribution >= 0.6 is 0 Å². The van der Waals surface area contributed by atoms with Crippen molar-refractivity contribution in [1.29, 1.82) is 0 Å². The van der Waals surface area contributed by atoms with Crippen molar-refractivity contribution in [3.63, 3.8) is 0 Å². The van der Waals surface area contributed by atoms with E-state index in [-0.39, 0.29) is 0 Å². The van der Waals surface area contributed by atoms with Crippen LogP contribution in [0.3, 0.4) is 0 Å². The number of benzene rings is 8. The second-order valence-electron chi connectivity index (χ2n) is 11.8. The standard InChI is InChI=1S/C44H33N/c1-2-10-34(11-3-1)38-16-8-17-42(31-38)45(44-19-9-15-35-12-6-7-18-43(35)44)41-26-23-32(24-27-41)20-21-33-22-25-39-29-36-13-4-5-14-37(36)30-40(39)28-33/h1-19,22-31H,20-21H2. The van der Waals surface area contributed by atoms with Gasteiger partial charge in [0.25, 0.3) is 0 Å². The van der Waals surface area contributed by atoms with Crippen LogP contribution in [0.5, 0.6) is 0 Å².